The number of pyridine rings is 1. The number of benzene rings is 2. The number of nitrogens with one attached hydrogen (secondary N) is 1. The molecule has 4 aromatic rings. The molecule has 0 unspecified atom stereocenters. The number of likely N-dealkylation sites (N-methyl/N-ethyl adjacent to an activating group) is 1. The minimum Gasteiger partial charge on any atom is -0.333 e. The fourth-order valence-corrected chi connectivity index (χ4v) is 4.28. The third-order valence-corrected chi connectivity index (χ3v) is 6.02. The number of anilines is 1. The number of rotatable bonds is 8. The molecule has 0 bridgehead atoms. The van der Waals surface area contributed by atoms with Gasteiger partial charge >= 0.3 is 0 Å². The molecule has 0 spiro atoms. The summed E-state index contributed by atoms with van der Waals surface area (Å²) in [6, 6.07) is 17.9. The van der Waals surface area contributed by atoms with Gasteiger partial charge in [0.1, 0.15) is 5.69 Å². The van der Waals surface area contributed by atoms with E-state index in [4.69, 9.17) is 5.10 Å². The quantitative estimate of drug-likeness (QED) is 0.349. The summed E-state index contributed by atoms with van der Waals surface area (Å²) in [6.07, 6.45) is 8.58. The second kappa shape index (κ2) is 11.5. The topological polar surface area (TPSA) is 80.1 Å². The van der Waals surface area contributed by atoms with Crippen molar-refractivity contribution >= 4 is 23.6 Å². The van der Waals surface area contributed by atoms with Crippen LogP contribution in [0.25, 0.3) is 17.3 Å². The molecule has 0 aliphatic heterocycles. The lowest BCUT2D eigenvalue weighted by molar-refractivity contribution is -0.129. The Bertz CT molecular complexity index is 1400. The minimum absolute atomic E-state index is 0.0569. The van der Waals surface area contributed by atoms with E-state index in [0.29, 0.717) is 6.54 Å². The molecule has 0 aliphatic rings. The van der Waals surface area contributed by atoms with Crippen molar-refractivity contribution in [3.8, 4) is 11.3 Å². The van der Waals surface area contributed by atoms with Crippen LogP contribution in [-0.4, -0.2) is 45.1 Å². The van der Waals surface area contributed by atoms with Gasteiger partial charge in [-0.1, -0.05) is 48.0 Å². The Labute approximate surface area is 217 Å². The van der Waals surface area contributed by atoms with E-state index in [2.05, 4.69) is 10.3 Å². The molecule has 0 atom stereocenters. The van der Waals surface area contributed by atoms with Crippen molar-refractivity contribution in [2.45, 2.75) is 27.3 Å². The molecule has 37 heavy (non-hydrogen) atoms. The number of aromatic nitrogens is 3. The lowest BCUT2D eigenvalue weighted by Crippen LogP contribution is -2.34. The van der Waals surface area contributed by atoms with Gasteiger partial charge in [-0.3, -0.25) is 19.3 Å². The zero-order chi connectivity index (χ0) is 26.4. The van der Waals surface area contributed by atoms with Gasteiger partial charge < -0.3 is 10.2 Å². The maximum atomic E-state index is 12.8. The smallest absolute Gasteiger partial charge is 0.246 e. The minimum atomic E-state index is -0.277. The van der Waals surface area contributed by atoms with Crippen molar-refractivity contribution in [1.29, 1.82) is 0 Å². The van der Waals surface area contributed by atoms with Gasteiger partial charge in [-0.25, -0.2) is 0 Å². The normalized spacial score (nSPS) is 11.0. The van der Waals surface area contributed by atoms with E-state index in [1.165, 1.54) is 11.0 Å². The van der Waals surface area contributed by atoms with E-state index in [9.17, 15) is 9.59 Å². The van der Waals surface area contributed by atoms with Gasteiger partial charge in [0.15, 0.2) is 0 Å². The Morgan fingerprint density at radius 3 is 2.43 bits per heavy atom. The molecule has 0 aliphatic carbocycles. The number of hydrogen-bond acceptors (Lipinski definition) is 4. The van der Waals surface area contributed by atoms with Crippen LogP contribution in [0, 0.1) is 20.8 Å². The molecule has 2 aromatic carbocycles. The van der Waals surface area contributed by atoms with Gasteiger partial charge in [-0.2, -0.15) is 5.10 Å². The highest BCUT2D eigenvalue weighted by molar-refractivity contribution is 5.99. The van der Waals surface area contributed by atoms with Gasteiger partial charge in [0.25, 0.3) is 0 Å². The summed E-state index contributed by atoms with van der Waals surface area (Å²) >= 11 is 0. The van der Waals surface area contributed by atoms with Crippen LogP contribution < -0.4 is 5.32 Å². The second-order valence-electron chi connectivity index (χ2n) is 9.21. The standard InChI is InChI=1S/C30H31N5O2/c1-21-15-22(2)29(23(3)16-21)32-27(36)20-34(4)28(37)13-12-26-19-35(18-24-9-6-5-7-10-24)33-30(26)25-11-8-14-31-17-25/h5-17,19H,18,20H2,1-4H3,(H,32,36)/b13-12+. The lowest BCUT2D eigenvalue weighted by atomic mass is 10.1. The van der Waals surface area contributed by atoms with Crippen LogP contribution in [0.2, 0.25) is 0 Å². The van der Waals surface area contributed by atoms with Crippen molar-refractivity contribution < 1.29 is 9.59 Å². The number of amides is 2. The Kier molecular flexibility index (Phi) is 7.93. The number of carbonyl (C=O) groups excluding carboxylic acids is 2. The highest BCUT2D eigenvalue weighted by atomic mass is 16.2. The summed E-state index contributed by atoms with van der Waals surface area (Å²) in [6.45, 7) is 6.50. The number of hydrogen-bond donors (Lipinski definition) is 1. The van der Waals surface area contributed by atoms with E-state index in [1.807, 2.05) is 86.2 Å². The number of carbonyl (C=O) groups is 2. The van der Waals surface area contributed by atoms with Gasteiger partial charge in [0.2, 0.25) is 11.8 Å². The van der Waals surface area contributed by atoms with Crippen LogP contribution in [0.3, 0.4) is 0 Å². The molecule has 188 valence electrons. The first kappa shape index (κ1) is 25.6. The van der Waals surface area contributed by atoms with Crippen molar-refractivity contribution in [1.82, 2.24) is 19.7 Å². The second-order valence-corrected chi connectivity index (χ2v) is 9.21. The Balaban J connectivity index is 1.48. The average molecular weight is 494 g/mol. The Hall–Kier alpha value is -4.52. The maximum absolute atomic E-state index is 12.8. The molecule has 4 rings (SSSR count). The summed E-state index contributed by atoms with van der Waals surface area (Å²) < 4.78 is 1.85. The fourth-order valence-electron chi connectivity index (χ4n) is 4.28. The van der Waals surface area contributed by atoms with Gasteiger partial charge in [-0.05, 0) is 55.7 Å². The van der Waals surface area contributed by atoms with Crippen molar-refractivity contribution in [3.63, 3.8) is 0 Å². The third kappa shape index (κ3) is 6.58. The van der Waals surface area contributed by atoms with Gasteiger partial charge in [-0.15, -0.1) is 0 Å². The third-order valence-electron chi connectivity index (χ3n) is 6.02. The lowest BCUT2D eigenvalue weighted by Gasteiger charge is -2.17. The molecule has 0 radical (unpaired) electrons. The molecular formula is C30H31N5O2. The molecule has 0 saturated heterocycles. The first-order chi connectivity index (χ1) is 17.8. The van der Waals surface area contributed by atoms with E-state index in [1.54, 1.807) is 25.5 Å². The molecule has 2 amide bonds. The predicted octanol–water partition coefficient (Wildman–Crippen LogP) is 5.03. The van der Waals surface area contributed by atoms with Crippen LogP contribution in [0.1, 0.15) is 27.8 Å². The fraction of sp³-hybridized carbons (Fsp3) is 0.200. The molecule has 0 fully saturated rings. The van der Waals surface area contributed by atoms with Crippen LogP contribution >= 0.6 is 0 Å². The van der Waals surface area contributed by atoms with Crippen LogP contribution in [-0.2, 0) is 16.1 Å². The maximum Gasteiger partial charge on any atom is 0.246 e. The SMILES string of the molecule is Cc1cc(C)c(NC(=O)CN(C)C(=O)/C=C/c2cn(Cc3ccccc3)nc2-c2cccnc2)c(C)c1. The summed E-state index contributed by atoms with van der Waals surface area (Å²) in [5, 5.41) is 7.70. The van der Waals surface area contributed by atoms with Gasteiger partial charge in [0.05, 0.1) is 13.1 Å². The van der Waals surface area contributed by atoms with E-state index in [0.717, 1.165) is 44.8 Å². The van der Waals surface area contributed by atoms with Crippen LogP contribution in [0.4, 0.5) is 5.69 Å². The average Bonchev–Trinajstić information content (AvgIpc) is 3.28. The van der Waals surface area contributed by atoms with Crippen molar-refractivity contribution in [2.75, 3.05) is 18.9 Å². The van der Waals surface area contributed by atoms with Crippen LogP contribution in [0.15, 0.2) is 79.3 Å². The summed E-state index contributed by atoms with van der Waals surface area (Å²) in [7, 11) is 1.61. The van der Waals surface area contributed by atoms with E-state index in [-0.39, 0.29) is 18.4 Å². The molecule has 0 saturated carbocycles. The first-order valence-corrected chi connectivity index (χ1v) is 12.1. The largest absolute Gasteiger partial charge is 0.333 e. The van der Waals surface area contributed by atoms with Gasteiger partial charge in [0, 0.05) is 48.5 Å². The number of nitrogens with zero attached hydrogens (tertiary/aromatic N) is 4. The molecule has 7 nitrogen and oxygen atoms in total. The molecule has 2 aromatic heterocycles. The molecular weight excluding hydrogens is 462 g/mol. The zero-order valence-corrected chi connectivity index (χ0v) is 21.6. The highest BCUT2D eigenvalue weighted by Gasteiger charge is 2.15. The van der Waals surface area contributed by atoms with Crippen LogP contribution in [0.5, 0.6) is 0 Å². The predicted molar refractivity (Wildman–Crippen MR) is 147 cm³/mol. The van der Waals surface area contributed by atoms with E-state index < -0.39 is 0 Å². The molecule has 7 heteroatoms. The van der Waals surface area contributed by atoms with Crippen molar-refractivity contribution in [3.05, 3.63) is 107 Å². The van der Waals surface area contributed by atoms with E-state index >= 15 is 0 Å². The van der Waals surface area contributed by atoms with Crippen molar-refractivity contribution in [2.24, 2.45) is 0 Å². The Morgan fingerprint density at radius 1 is 1.03 bits per heavy atom. The summed E-state index contributed by atoms with van der Waals surface area (Å²) in [4.78, 5) is 31.1. The first-order valence-electron chi connectivity index (χ1n) is 12.1. The Morgan fingerprint density at radius 2 is 1.76 bits per heavy atom. The summed E-state index contributed by atoms with van der Waals surface area (Å²) in [5.41, 5.74) is 7.43. The number of aryl methyl sites for hydroxylation is 3. The highest BCUT2D eigenvalue weighted by Crippen LogP contribution is 2.24. The monoisotopic (exact) mass is 493 g/mol. The zero-order valence-electron chi connectivity index (χ0n) is 21.6. The molecule has 2 heterocycles. The summed E-state index contributed by atoms with van der Waals surface area (Å²) in [5.74, 6) is -0.522. The molecule has 1 N–H and O–H groups in total.